The van der Waals surface area contributed by atoms with E-state index in [4.69, 9.17) is 16.3 Å². The topological polar surface area (TPSA) is 49.8 Å². The average molecular weight is 284 g/mol. The molecule has 5 heteroatoms. The first kappa shape index (κ1) is 14.2. The Kier molecular flexibility index (Phi) is 4.02. The summed E-state index contributed by atoms with van der Waals surface area (Å²) in [5, 5.41) is 10.5. The molecule has 0 bridgehead atoms. The number of amides is 1. The number of carbonyl (C=O) groups is 1. The lowest BCUT2D eigenvalue weighted by atomic mass is 10.1. The Hall–Kier alpha value is -1.26. The molecule has 0 aromatic heterocycles. The first-order valence-electron chi connectivity index (χ1n) is 6.26. The molecule has 1 aliphatic rings. The summed E-state index contributed by atoms with van der Waals surface area (Å²) in [4.78, 5) is 13.5. The molecule has 1 N–H and O–H groups in total. The first-order valence-corrected chi connectivity index (χ1v) is 6.64. The summed E-state index contributed by atoms with van der Waals surface area (Å²) >= 11 is 5.92. The molecule has 0 spiro atoms. The smallest absolute Gasteiger partial charge is 0.260 e. The van der Waals surface area contributed by atoms with Crippen molar-refractivity contribution in [3.63, 3.8) is 0 Å². The number of aryl methyl sites for hydroxylation is 1. The Morgan fingerprint density at radius 2 is 2.32 bits per heavy atom. The molecule has 1 fully saturated rings. The lowest BCUT2D eigenvalue weighted by Gasteiger charge is -2.19. The minimum atomic E-state index is -0.771. The second-order valence-corrected chi connectivity index (χ2v) is 5.67. The summed E-state index contributed by atoms with van der Waals surface area (Å²) in [6.07, 6.45) is 0.610. The summed E-state index contributed by atoms with van der Waals surface area (Å²) in [7, 11) is 0. The van der Waals surface area contributed by atoms with Crippen LogP contribution in [0.25, 0.3) is 0 Å². The van der Waals surface area contributed by atoms with E-state index in [1.54, 1.807) is 30.0 Å². The van der Waals surface area contributed by atoms with Gasteiger partial charge in [0.25, 0.3) is 5.91 Å². The Morgan fingerprint density at radius 1 is 1.58 bits per heavy atom. The van der Waals surface area contributed by atoms with Crippen molar-refractivity contribution in [2.24, 2.45) is 0 Å². The third kappa shape index (κ3) is 3.61. The second kappa shape index (κ2) is 5.39. The molecule has 1 aliphatic heterocycles. The molecule has 1 unspecified atom stereocenters. The molecule has 1 heterocycles. The fraction of sp³-hybridized carbons (Fsp3) is 0.500. The standard InChI is InChI=1S/C14H18ClNO3/c1-10-7-11(3-4-12(10)15)19-8-13(17)16-6-5-14(2,18)9-16/h3-4,7,18H,5-6,8-9H2,1-2H3. The van der Waals surface area contributed by atoms with Gasteiger partial charge in [-0.15, -0.1) is 0 Å². The summed E-state index contributed by atoms with van der Waals surface area (Å²) in [6.45, 7) is 4.55. The highest BCUT2D eigenvalue weighted by Crippen LogP contribution is 2.22. The molecule has 0 saturated carbocycles. The molecule has 1 saturated heterocycles. The van der Waals surface area contributed by atoms with Crippen LogP contribution < -0.4 is 4.74 Å². The number of benzene rings is 1. The largest absolute Gasteiger partial charge is 0.484 e. The number of carbonyl (C=O) groups excluding carboxylic acids is 1. The maximum atomic E-state index is 11.9. The number of likely N-dealkylation sites (tertiary alicyclic amines) is 1. The quantitative estimate of drug-likeness (QED) is 0.923. The lowest BCUT2D eigenvalue weighted by Crippen LogP contribution is -2.36. The molecule has 1 aromatic rings. The van der Waals surface area contributed by atoms with E-state index in [-0.39, 0.29) is 12.5 Å². The van der Waals surface area contributed by atoms with E-state index in [1.165, 1.54) is 0 Å². The molecule has 1 amide bonds. The number of hydrogen-bond donors (Lipinski definition) is 1. The number of nitrogens with zero attached hydrogens (tertiary/aromatic N) is 1. The minimum absolute atomic E-state index is 0.0167. The van der Waals surface area contributed by atoms with E-state index in [0.29, 0.717) is 30.3 Å². The third-order valence-corrected chi connectivity index (χ3v) is 3.72. The Balaban J connectivity index is 1.88. The monoisotopic (exact) mass is 283 g/mol. The predicted octanol–water partition coefficient (Wildman–Crippen LogP) is 2.01. The molecule has 1 atom stereocenters. The highest BCUT2D eigenvalue weighted by Gasteiger charge is 2.33. The molecule has 1 aromatic carbocycles. The van der Waals surface area contributed by atoms with Crippen LogP contribution >= 0.6 is 11.6 Å². The predicted molar refractivity (Wildman–Crippen MR) is 73.5 cm³/mol. The zero-order valence-corrected chi connectivity index (χ0v) is 11.9. The number of ether oxygens (including phenoxy) is 1. The number of halogens is 1. The molecule has 2 rings (SSSR count). The van der Waals surface area contributed by atoms with Gasteiger partial charge < -0.3 is 14.7 Å². The van der Waals surface area contributed by atoms with Crippen LogP contribution in [-0.2, 0) is 4.79 Å². The summed E-state index contributed by atoms with van der Waals surface area (Å²) < 4.78 is 5.45. The van der Waals surface area contributed by atoms with Gasteiger partial charge >= 0.3 is 0 Å². The Bertz CT molecular complexity index is 488. The van der Waals surface area contributed by atoms with Crippen LogP contribution in [0.3, 0.4) is 0 Å². The normalized spacial score (nSPS) is 22.6. The van der Waals surface area contributed by atoms with Crippen molar-refractivity contribution < 1.29 is 14.6 Å². The van der Waals surface area contributed by atoms with Crippen molar-refractivity contribution in [2.45, 2.75) is 25.9 Å². The van der Waals surface area contributed by atoms with E-state index in [1.807, 2.05) is 6.92 Å². The van der Waals surface area contributed by atoms with Gasteiger partial charge in [-0.2, -0.15) is 0 Å². The van der Waals surface area contributed by atoms with Crippen molar-refractivity contribution in [3.8, 4) is 5.75 Å². The lowest BCUT2D eigenvalue weighted by molar-refractivity contribution is -0.133. The minimum Gasteiger partial charge on any atom is -0.484 e. The fourth-order valence-corrected chi connectivity index (χ4v) is 2.22. The maximum absolute atomic E-state index is 11.9. The van der Waals surface area contributed by atoms with Crippen LogP contribution in [0.15, 0.2) is 18.2 Å². The molecular formula is C14H18ClNO3. The van der Waals surface area contributed by atoms with E-state index in [0.717, 1.165) is 5.56 Å². The molecule has 0 aliphatic carbocycles. The SMILES string of the molecule is Cc1cc(OCC(=O)N2CCC(C)(O)C2)ccc1Cl. The number of β-amino-alcohol motifs (C(OH)–C–C–N with tert-alkyl or cyclic N) is 1. The van der Waals surface area contributed by atoms with Crippen LogP contribution in [0.5, 0.6) is 5.75 Å². The van der Waals surface area contributed by atoms with Crippen molar-refractivity contribution in [1.29, 1.82) is 0 Å². The first-order chi connectivity index (χ1) is 8.87. The Morgan fingerprint density at radius 3 is 2.89 bits per heavy atom. The van der Waals surface area contributed by atoms with Crippen LogP contribution in [0, 0.1) is 6.92 Å². The molecule has 0 radical (unpaired) electrons. The highest BCUT2D eigenvalue weighted by molar-refractivity contribution is 6.31. The van der Waals surface area contributed by atoms with Gasteiger partial charge in [0, 0.05) is 18.1 Å². The van der Waals surface area contributed by atoms with E-state index < -0.39 is 5.60 Å². The van der Waals surface area contributed by atoms with Crippen LogP contribution in [0.1, 0.15) is 18.9 Å². The third-order valence-electron chi connectivity index (χ3n) is 3.30. The summed E-state index contributed by atoms with van der Waals surface area (Å²) in [5.41, 5.74) is 0.141. The van der Waals surface area contributed by atoms with E-state index >= 15 is 0 Å². The van der Waals surface area contributed by atoms with Crippen molar-refractivity contribution in [1.82, 2.24) is 4.90 Å². The number of rotatable bonds is 3. The van der Waals surface area contributed by atoms with Crippen molar-refractivity contribution in [3.05, 3.63) is 28.8 Å². The van der Waals surface area contributed by atoms with Gasteiger partial charge in [-0.3, -0.25) is 4.79 Å². The maximum Gasteiger partial charge on any atom is 0.260 e. The fourth-order valence-electron chi connectivity index (χ4n) is 2.10. The van der Waals surface area contributed by atoms with Crippen LogP contribution in [0.2, 0.25) is 5.02 Å². The van der Waals surface area contributed by atoms with Gasteiger partial charge in [-0.05, 0) is 44.0 Å². The summed E-state index contributed by atoms with van der Waals surface area (Å²) in [6, 6.07) is 5.29. The van der Waals surface area contributed by atoms with Gasteiger partial charge in [-0.25, -0.2) is 0 Å². The van der Waals surface area contributed by atoms with Gasteiger partial charge in [0.2, 0.25) is 0 Å². The molecule has 4 nitrogen and oxygen atoms in total. The highest BCUT2D eigenvalue weighted by atomic mass is 35.5. The van der Waals surface area contributed by atoms with Gasteiger partial charge in [0.05, 0.1) is 5.60 Å². The second-order valence-electron chi connectivity index (χ2n) is 5.26. The number of aliphatic hydroxyl groups is 1. The van der Waals surface area contributed by atoms with Crippen LogP contribution in [0.4, 0.5) is 0 Å². The molecule has 19 heavy (non-hydrogen) atoms. The van der Waals surface area contributed by atoms with Crippen molar-refractivity contribution in [2.75, 3.05) is 19.7 Å². The average Bonchev–Trinajstić information content (AvgIpc) is 2.71. The zero-order valence-electron chi connectivity index (χ0n) is 11.1. The zero-order chi connectivity index (χ0) is 14.0. The Labute approximate surface area is 117 Å². The van der Waals surface area contributed by atoms with Crippen LogP contribution in [-0.4, -0.2) is 41.2 Å². The molecule has 104 valence electrons. The van der Waals surface area contributed by atoms with Gasteiger partial charge in [0.1, 0.15) is 5.75 Å². The van der Waals surface area contributed by atoms with Gasteiger partial charge in [0.15, 0.2) is 6.61 Å². The summed E-state index contributed by atoms with van der Waals surface area (Å²) in [5.74, 6) is 0.520. The van der Waals surface area contributed by atoms with Crippen molar-refractivity contribution >= 4 is 17.5 Å². The van der Waals surface area contributed by atoms with E-state index in [9.17, 15) is 9.90 Å². The van der Waals surface area contributed by atoms with Gasteiger partial charge in [-0.1, -0.05) is 11.6 Å². The molecular weight excluding hydrogens is 266 g/mol. The number of hydrogen-bond acceptors (Lipinski definition) is 3. The van der Waals surface area contributed by atoms with E-state index in [2.05, 4.69) is 0 Å².